The van der Waals surface area contributed by atoms with E-state index in [0.29, 0.717) is 13.2 Å². The minimum absolute atomic E-state index is 0.00548. The standard InChI is InChI=1S/C17H24N2O4/c1-5-23-16(20)15-11-18(17(2,3)4)10-14(15)12-6-8-13(9-7-12)19(21)22/h6-9,14-15H,5,10-11H2,1-4H3/t14-,15+/m0/s1. The summed E-state index contributed by atoms with van der Waals surface area (Å²) in [6, 6.07) is 6.50. The second-order valence-corrected chi connectivity index (χ2v) is 6.89. The zero-order valence-corrected chi connectivity index (χ0v) is 14.1. The number of nitro benzene ring substituents is 1. The summed E-state index contributed by atoms with van der Waals surface area (Å²) in [6.07, 6.45) is 0. The number of non-ortho nitro benzene ring substituents is 1. The van der Waals surface area contributed by atoms with E-state index in [2.05, 4.69) is 25.7 Å². The molecule has 0 spiro atoms. The van der Waals surface area contributed by atoms with Gasteiger partial charge in [0.25, 0.3) is 5.69 Å². The maximum atomic E-state index is 12.3. The van der Waals surface area contributed by atoms with Gasteiger partial charge in [0.15, 0.2) is 0 Å². The van der Waals surface area contributed by atoms with Crippen LogP contribution in [0.3, 0.4) is 0 Å². The molecule has 1 aromatic carbocycles. The van der Waals surface area contributed by atoms with Gasteiger partial charge in [0.05, 0.1) is 17.4 Å². The van der Waals surface area contributed by atoms with Crippen LogP contribution in [0.4, 0.5) is 5.69 Å². The van der Waals surface area contributed by atoms with E-state index in [1.54, 1.807) is 19.1 Å². The number of benzene rings is 1. The molecule has 0 N–H and O–H groups in total. The first-order chi connectivity index (χ1) is 10.7. The Morgan fingerprint density at radius 2 is 1.91 bits per heavy atom. The van der Waals surface area contributed by atoms with Crippen LogP contribution in [0.1, 0.15) is 39.2 Å². The number of nitro groups is 1. The highest BCUT2D eigenvalue weighted by Gasteiger charge is 2.42. The predicted molar refractivity (Wildman–Crippen MR) is 87.3 cm³/mol. The molecular formula is C17H24N2O4. The average molecular weight is 320 g/mol. The Bertz CT molecular complexity index is 577. The fourth-order valence-corrected chi connectivity index (χ4v) is 3.02. The molecule has 0 bridgehead atoms. The second-order valence-electron chi connectivity index (χ2n) is 6.89. The Kier molecular flexibility index (Phi) is 5.04. The van der Waals surface area contributed by atoms with Crippen LogP contribution in [-0.2, 0) is 9.53 Å². The Hall–Kier alpha value is -1.95. The molecule has 0 aromatic heterocycles. The van der Waals surface area contributed by atoms with Crippen molar-refractivity contribution in [2.75, 3.05) is 19.7 Å². The normalized spacial score (nSPS) is 22.1. The van der Waals surface area contributed by atoms with Crippen molar-refractivity contribution in [2.45, 2.75) is 39.2 Å². The minimum atomic E-state index is -0.414. The van der Waals surface area contributed by atoms with Gasteiger partial charge in [-0.1, -0.05) is 12.1 Å². The largest absolute Gasteiger partial charge is 0.466 e. The highest BCUT2D eigenvalue weighted by molar-refractivity contribution is 5.74. The zero-order chi connectivity index (χ0) is 17.2. The summed E-state index contributed by atoms with van der Waals surface area (Å²) in [7, 11) is 0. The van der Waals surface area contributed by atoms with Gasteiger partial charge >= 0.3 is 5.97 Å². The van der Waals surface area contributed by atoms with Crippen molar-refractivity contribution in [1.29, 1.82) is 0 Å². The molecule has 23 heavy (non-hydrogen) atoms. The predicted octanol–water partition coefficient (Wildman–Crippen LogP) is 2.97. The van der Waals surface area contributed by atoms with E-state index in [1.807, 2.05) is 0 Å². The molecule has 2 rings (SSSR count). The van der Waals surface area contributed by atoms with Crippen molar-refractivity contribution in [3.63, 3.8) is 0 Å². The van der Waals surface area contributed by atoms with Crippen LogP contribution in [0, 0.1) is 16.0 Å². The molecule has 1 heterocycles. The molecule has 6 nitrogen and oxygen atoms in total. The van der Waals surface area contributed by atoms with E-state index < -0.39 is 4.92 Å². The lowest BCUT2D eigenvalue weighted by Gasteiger charge is -2.31. The van der Waals surface area contributed by atoms with Crippen molar-refractivity contribution < 1.29 is 14.5 Å². The summed E-state index contributed by atoms with van der Waals surface area (Å²) in [5.74, 6) is -0.438. The van der Waals surface area contributed by atoms with Gasteiger partial charge < -0.3 is 4.74 Å². The third-order valence-corrected chi connectivity index (χ3v) is 4.39. The molecule has 2 atom stereocenters. The van der Waals surface area contributed by atoms with Gasteiger partial charge in [-0.05, 0) is 33.3 Å². The molecule has 0 unspecified atom stereocenters. The first kappa shape index (κ1) is 17.4. The highest BCUT2D eigenvalue weighted by Crippen LogP contribution is 2.37. The Labute approximate surface area is 136 Å². The molecule has 0 saturated carbocycles. The number of nitrogens with zero attached hydrogens (tertiary/aromatic N) is 2. The average Bonchev–Trinajstić information content (AvgIpc) is 2.93. The van der Waals surface area contributed by atoms with Gasteiger partial charge in [-0.25, -0.2) is 0 Å². The van der Waals surface area contributed by atoms with Crippen LogP contribution in [0.25, 0.3) is 0 Å². The fourth-order valence-electron chi connectivity index (χ4n) is 3.02. The number of carbonyl (C=O) groups excluding carboxylic acids is 1. The molecule has 0 amide bonds. The maximum Gasteiger partial charge on any atom is 0.310 e. The molecule has 1 aromatic rings. The number of ether oxygens (including phenoxy) is 1. The Morgan fingerprint density at radius 1 is 1.30 bits per heavy atom. The van der Waals surface area contributed by atoms with Crippen molar-refractivity contribution in [2.24, 2.45) is 5.92 Å². The number of likely N-dealkylation sites (tertiary alicyclic amines) is 1. The third-order valence-electron chi connectivity index (χ3n) is 4.39. The topological polar surface area (TPSA) is 72.7 Å². The van der Waals surface area contributed by atoms with Crippen molar-refractivity contribution in [3.8, 4) is 0 Å². The lowest BCUT2D eigenvalue weighted by Crippen LogP contribution is -2.40. The number of esters is 1. The third kappa shape index (κ3) is 3.88. The first-order valence-corrected chi connectivity index (χ1v) is 7.90. The Morgan fingerprint density at radius 3 is 2.39 bits per heavy atom. The summed E-state index contributed by atoms with van der Waals surface area (Å²) in [6.45, 7) is 9.90. The van der Waals surface area contributed by atoms with Gasteiger partial charge in [0.2, 0.25) is 0 Å². The van der Waals surface area contributed by atoms with Crippen molar-refractivity contribution >= 4 is 11.7 Å². The lowest BCUT2D eigenvalue weighted by molar-refractivity contribution is -0.384. The van der Waals surface area contributed by atoms with Crippen LogP contribution in [0.5, 0.6) is 0 Å². The summed E-state index contributed by atoms with van der Waals surface area (Å²) < 4.78 is 5.23. The van der Waals surface area contributed by atoms with Gasteiger partial charge in [-0.3, -0.25) is 19.8 Å². The van der Waals surface area contributed by atoms with Crippen molar-refractivity contribution in [1.82, 2.24) is 4.90 Å². The molecule has 1 fully saturated rings. The van der Waals surface area contributed by atoms with E-state index >= 15 is 0 Å². The first-order valence-electron chi connectivity index (χ1n) is 7.90. The molecule has 0 radical (unpaired) electrons. The zero-order valence-electron chi connectivity index (χ0n) is 14.1. The van der Waals surface area contributed by atoms with Crippen molar-refractivity contribution in [3.05, 3.63) is 39.9 Å². The van der Waals surface area contributed by atoms with Gasteiger partial charge in [0.1, 0.15) is 0 Å². The number of hydrogen-bond acceptors (Lipinski definition) is 5. The molecule has 6 heteroatoms. The summed E-state index contributed by atoms with van der Waals surface area (Å²) in [4.78, 5) is 25.0. The number of carbonyl (C=O) groups is 1. The fraction of sp³-hybridized carbons (Fsp3) is 0.588. The van der Waals surface area contributed by atoms with E-state index in [0.717, 1.165) is 12.1 Å². The molecule has 1 saturated heterocycles. The van der Waals surface area contributed by atoms with E-state index in [9.17, 15) is 14.9 Å². The van der Waals surface area contributed by atoms with Crippen LogP contribution < -0.4 is 0 Å². The van der Waals surface area contributed by atoms with E-state index in [1.165, 1.54) is 12.1 Å². The second kappa shape index (κ2) is 6.66. The van der Waals surface area contributed by atoms with E-state index in [-0.39, 0.29) is 29.0 Å². The quantitative estimate of drug-likeness (QED) is 0.484. The van der Waals surface area contributed by atoms with Crippen LogP contribution in [0.15, 0.2) is 24.3 Å². The monoisotopic (exact) mass is 320 g/mol. The minimum Gasteiger partial charge on any atom is -0.466 e. The van der Waals surface area contributed by atoms with Crippen LogP contribution >= 0.6 is 0 Å². The summed E-state index contributed by atoms with van der Waals surface area (Å²) >= 11 is 0. The number of hydrogen-bond donors (Lipinski definition) is 0. The molecule has 0 aliphatic carbocycles. The molecule has 1 aliphatic heterocycles. The summed E-state index contributed by atoms with van der Waals surface area (Å²) in [5, 5.41) is 10.8. The van der Waals surface area contributed by atoms with Gasteiger partial charge in [-0.15, -0.1) is 0 Å². The number of rotatable bonds is 4. The van der Waals surface area contributed by atoms with Crippen LogP contribution in [0.2, 0.25) is 0 Å². The molecule has 1 aliphatic rings. The van der Waals surface area contributed by atoms with Gasteiger partial charge in [-0.2, -0.15) is 0 Å². The van der Waals surface area contributed by atoms with Gasteiger partial charge in [0, 0.05) is 36.7 Å². The maximum absolute atomic E-state index is 12.3. The molecule has 126 valence electrons. The highest BCUT2D eigenvalue weighted by atomic mass is 16.6. The Balaban J connectivity index is 2.28. The summed E-state index contributed by atoms with van der Waals surface area (Å²) in [5.41, 5.74) is 0.966. The smallest absolute Gasteiger partial charge is 0.310 e. The van der Waals surface area contributed by atoms with Crippen LogP contribution in [-0.4, -0.2) is 41.0 Å². The SMILES string of the molecule is CCOC(=O)[C@@H]1CN(C(C)(C)C)C[C@H]1c1ccc([N+](=O)[O-])cc1. The van der Waals surface area contributed by atoms with E-state index in [4.69, 9.17) is 4.74 Å². The lowest BCUT2D eigenvalue weighted by atomic mass is 9.89. The molecular weight excluding hydrogens is 296 g/mol.